The Morgan fingerprint density at radius 1 is 0.960 bits per heavy atom. The third-order valence-corrected chi connectivity index (χ3v) is 4.01. The summed E-state index contributed by atoms with van der Waals surface area (Å²) in [5, 5.41) is 0. The maximum Gasteiger partial charge on any atom is 0.355 e. The highest BCUT2D eigenvalue weighted by molar-refractivity contribution is 6.07. The number of hydrogen-bond acceptors (Lipinski definition) is 4. The number of nitrogens with zero attached hydrogens (tertiary/aromatic N) is 1. The van der Waals surface area contributed by atoms with E-state index < -0.39 is 11.9 Å². The van der Waals surface area contributed by atoms with Crippen LogP contribution in [-0.2, 0) is 22.9 Å². The molecule has 0 saturated carbocycles. The fourth-order valence-corrected chi connectivity index (χ4v) is 3.01. The summed E-state index contributed by atoms with van der Waals surface area (Å²) in [5.41, 5.74) is 3.03. The SMILES string of the molecule is CCCc1c(C(=O)OCC)c(-c2ccccc2)c(C(=O)OCC)n1C. The van der Waals surface area contributed by atoms with E-state index in [1.807, 2.05) is 37.3 Å². The van der Waals surface area contributed by atoms with E-state index in [2.05, 4.69) is 0 Å². The van der Waals surface area contributed by atoms with Gasteiger partial charge in [0, 0.05) is 18.3 Å². The van der Waals surface area contributed by atoms with Crippen molar-refractivity contribution in [2.75, 3.05) is 13.2 Å². The third kappa shape index (κ3) is 3.76. The standard InChI is InChI=1S/C20H25NO4/c1-5-11-15-17(19(22)24-6-2)16(14-12-9-8-10-13-14)18(21(15)4)20(23)25-7-3/h8-10,12-13H,5-7,11H2,1-4H3. The average Bonchev–Trinajstić information content (AvgIpc) is 2.89. The molecule has 5 heteroatoms. The molecular weight excluding hydrogens is 318 g/mol. The lowest BCUT2D eigenvalue weighted by Gasteiger charge is -2.08. The van der Waals surface area contributed by atoms with E-state index in [1.54, 1.807) is 25.5 Å². The molecule has 1 aromatic heterocycles. The molecule has 134 valence electrons. The maximum absolute atomic E-state index is 12.7. The van der Waals surface area contributed by atoms with Gasteiger partial charge in [-0.15, -0.1) is 0 Å². The van der Waals surface area contributed by atoms with Gasteiger partial charge in [0.1, 0.15) is 5.69 Å². The van der Waals surface area contributed by atoms with Crippen LogP contribution in [0.5, 0.6) is 0 Å². The number of benzene rings is 1. The molecule has 2 rings (SSSR count). The molecule has 5 nitrogen and oxygen atoms in total. The van der Waals surface area contributed by atoms with Gasteiger partial charge in [0.2, 0.25) is 0 Å². The molecule has 0 spiro atoms. The van der Waals surface area contributed by atoms with Gasteiger partial charge < -0.3 is 14.0 Å². The first-order valence-corrected chi connectivity index (χ1v) is 8.67. The minimum atomic E-state index is -0.434. The molecule has 0 N–H and O–H groups in total. The van der Waals surface area contributed by atoms with Crippen LogP contribution in [0.15, 0.2) is 30.3 Å². The number of esters is 2. The van der Waals surface area contributed by atoms with Gasteiger partial charge in [0.25, 0.3) is 0 Å². The quantitative estimate of drug-likeness (QED) is 0.713. The van der Waals surface area contributed by atoms with Crippen LogP contribution >= 0.6 is 0 Å². The van der Waals surface area contributed by atoms with E-state index in [9.17, 15) is 9.59 Å². The van der Waals surface area contributed by atoms with Crippen molar-refractivity contribution in [1.82, 2.24) is 4.57 Å². The van der Waals surface area contributed by atoms with Gasteiger partial charge in [-0.1, -0.05) is 43.7 Å². The summed E-state index contributed by atoms with van der Waals surface area (Å²) in [4.78, 5) is 25.3. The summed E-state index contributed by atoms with van der Waals surface area (Å²) in [6, 6.07) is 9.43. The van der Waals surface area contributed by atoms with Crippen LogP contribution in [0.3, 0.4) is 0 Å². The highest BCUT2D eigenvalue weighted by atomic mass is 16.5. The Labute approximate surface area is 148 Å². The minimum Gasteiger partial charge on any atom is -0.462 e. The molecule has 1 aromatic carbocycles. The molecule has 0 radical (unpaired) electrons. The van der Waals surface area contributed by atoms with Gasteiger partial charge in [-0.3, -0.25) is 0 Å². The van der Waals surface area contributed by atoms with Crippen LogP contribution in [0.4, 0.5) is 0 Å². The lowest BCUT2D eigenvalue weighted by atomic mass is 9.99. The second-order valence-corrected chi connectivity index (χ2v) is 5.66. The molecule has 0 aliphatic rings. The van der Waals surface area contributed by atoms with E-state index in [1.165, 1.54) is 0 Å². The number of hydrogen-bond donors (Lipinski definition) is 0. The van der Waals surface area contributed by atoms with Gasteiger partial charge in [0.05, 0.1) is 18.8 Å². The second-order valence-electron chi connectivity index (χ2n) is 5.66. The molecule has 0 fully saturated rings. The maximum atomic E-state index is 12.7. The van der Waals surface area contributed by atoms with Crippen molar-refractivity contribution in [2.45, 2.75) is 33.6 Å². The van der Waals surface area contributed by atoms with Crippen LogP contribution in [0.25, 0.3) is 11.1 Å². The molecule has 2 aromatic rings. The molecule has 0 bridgehead atoms. The predicted octanol–water partition coefficient (Wildman–Crippen LogP) is 4.00. The van der Waals surface area contributed by atoms with Gasteiger partial charge in [0.15, 0.2) is 0 Å². The lowest BCUT2D eigenvalue weighted by Crippen LogP contribution is -2.12. The van der Waals surface area contributed by atoms with Crippen molar-refractivity contribution in [1.29, 1.82) is 0 Å². The molecule has 25 heavy (non-hydrogen) atoms. The van der Waals surface area contributed by atoms with Crippen molar-refractivity contribution < 1.29 is 19.1 Å². The molecule has 0 amide bonds. The Bertz CT molecular complexity index is 747. The highest BCUT2D eigenvalue weighted by Gasteiger charge is 2.31. The van der Waals surface area contributed by atoms with Crippen molar-refractivity contribution >= 4 is 11.9 Å². The van der Waals surface area contributed by atoms with Gasteiger partial charge in [-0.25, -0.2) is 9.59 Å². The zero-order chi connectivity index (χ0) is 18.4. The Morgan fingerprint density at radius 3 is 2.12 bits per heavy atom. The number of rotatable bonds is 7. The lowest BCUT2D eigenvalue weighted by molar-refractivity contribution is 0.0513. The van der Waals surface area contributed by atoms with Crippen molar-refractivity contribution in [3.05, 3.63) is 47.3 Å². The number of aromatic nitrogens is 1. The summed E-state index contributed by atoms with van der Waals surface area (Å²) in [5.74, 6) is -0.840. The molecule has 0 aliphatic carbocycles. The smallest absolute Gasteiger partial charge is 0.355 e. The van der Waals surface area contributed by atoms with Gasteiger partial charge in [-0.05, 0) is 25.8 Å². The largest absolute Gasteiger partial charge is 0.462 e. The van der Waals surface area contributed by atoms with E-state index in [4.69, 9.17) is 9.47 Å². The van der Waals surface area contributed by atoms with Crippen LogP contribution in [-0.4, -0.2) is 29.7 Å². The average molecular weight is 343 g/mol. The zero-order valence-corrected chi connectivity index (χ0v) is 15.3. The Balaban J connectivity index is 2.80. The van der Waals surface area contributed by atoms with E-state index in [0.29, 0.717) is 23.2 Å². The minimum absolute atomic E-state index is 0.274. The molecule has 0 atom stereocenters. The first-order chi connectivity index (χ1) is 12.1. The van der Waals surface area contributed by atoms with E-state index in [0.717, 1.165) is 17.7 Å². The van der Waals surface area contributed by atoms with Crippen LogP contribution in [0.1, 0.15) is 53.7 Å². The zero-order valence-electron chi connectivity index (χ0n) is 15.3. The van der Waals surface area contributed by atoms with Crippen molar-refractivity contribution in [3.63, 3.8) is 0 Å². The van der Waals surface area contributed by atoms with Gasteiger partial charge >= 0.3 is 11.9 Å². The van der Waals surface area contributed by atoms with Crippen LogP contribution in [0, 0.1) is 0 Å². The van der Waals surface area contributed by atoms with Crippen molar-refractivity contribution in [2.24, 2.45) is 7.05 Å². The highest BCUT2D eigenvalue weighted by Crippen LogP contribution is 2.34. The molecular formula is C20H25NO4. The van der Waals surface area contributed by atoms with Crippen molar-refractivity contribution in [3.8, 4) is 11.1 Å². The normalized spacial score (nSPS) is 10.6. The summed E-state index contributed by atoms with van der Waals surface area (Å²) in [7, 11) is 1.80. The first kappa shape index (κ1) is 18.8. The summed E-state index contributed by atoms with van der Waals surface area (Å²) >= 11 is 0. The topological polar surface area (TPSA) is 57.5 Å². The summed E-state index contributed by atoms with van der Waals surface area (Å²) in [6.45, 7) is 6.13. The van der Waals surface area contributed by atoms with Gasteiger partial charge in [-0.2, -0.15) is 0 Å². The molecule has 1 heterocycles. The number of ether oxygens (including phenoxy) is 2. The van der Waals surface area contributed by atoms with E-state index in [-0.39, 0.29) is 13.2 Å². The van der Waals surface area contributed by atoms with Crippen LogP contribution < -0.4 is 0 Å². The predicted molar refractivity (Wildman–Crippen MR) is 96.8 cm³/mol. The van der Waals surface area contributed by atoms with E-state index >= 15 is 0 Å². The Morgan fingerprint density at radius 2 is 1.56 bits per heavy atom. The van der Waals surface area contributed by atoms with Crippen LogP contribution in [0.2, 0.25) is 0 Å². The Hall–Kier alpha value is -2.56. The Kier molecular flexibility index (Phi) is 6.39. The molecule has 0 saturated heterocycles. The number of carbonyl (C=O) groups excluding carboxylic acids is 2. The molecule has 0 aliphatic heterocycles. The molecule has 0 unspecified atom stereocenters. The monoisotopic (exact) mass is 343 g/mol. The second kappa shape index (κ2) is 8.51. The fraction of sp³-hybridized carbons (Fsp3) is 0.400. The number of carbonyl (C=O) groups is 2. The third-order valence-electron chi connectivity index (χ3n) is 4.01. The summed E-state index contributed by atoms with van der Waals surface area (Å²) in [6.07, 6.45) is 1.52. The first-order valence-electron chi connectivity index (χ1n) is 8.67. The fourth-order valence-electron chi connectivity index (χ4n) is 3.01. The summed E-state index contributed by atoms with van der Waals surface area (Å²) < 4.78 is 12.3.